The Morgan fingerprint density at radius 3 is 2.56 bits per heavy atom. The number of likely N-dealkylation sites (tertiary alicyclic amines) is 1. The molecule has 6 heteroatoms. The third-order valence-corrected chi connectivity index (χ3v) is 5.25. The van der Waals surface area contributed by atoms with Crippen LogP contribution in [0, 0.1) is 0 Å². The molecule has 1 aromatic heterocycles. The Morgan fingerprint density at radius 2 is 1.89 bits per heavy atom. The number of furan rings is 1. The molecule has 3 atom stereocenters. The summed E-state index contributed by atoms with van der Waals surface area (Å²) in [5.74, 6) is -0.707. The Kier molecular flexibility index (Phi) is 5.85. The van der Waals surface area contributed by atoms with E-state index >= 15 is 0 Å². The van der Waals surface area contributed by atoms with Crippen molar-refractivity contribution >= 4 is 22.8 Å². The molecule has 1 saturated heterocycles. The van der Waals surface area contributed by atoms with Gasteiger partial charge in [-0.15, -0.1) is 0 Å². The van der Waals surface area contributed by atoms with Gasteiger partial charge in [0.05, 0.1) is 6.61 Å². The minimum atomic E-state index is -0.871. The molecule has 0 bridgehead atoms. The number of methoxy groups -OCH3 is 1. The van der Waals surface area contributed by atoms with Gasteiger partial charge in [0.1, 0.15) is 5.58 Å². The molecule has 2 heterocycles. The van der Waals surface area contributed by atoms with E-state index in [1.807, 2.05) is 36.9 Å². The van der Waals surface area contributed by atoms with E-state index in [4.69, 9.17) is 13.9 Å². The van der Waals surface area contributed by atoms with Crippen molar-refractivity contribution in [1.29, 1.82) is 0 Å². The molecule has 146 valence electrons. The normalized spacial score (nSPS) is 21.3. The number of amides is 1. The van der Waals surface area contributed by atoms with Gasteiger partial charge in [-0.2, -0.15) is 0 Å². The Hall–Kier alpha value is -2.34. The molecule has 0 N–H and O–H groups in total. The van der Waals surface area contributed by atoms with Crippen molar-refractivity contribution in [1.82, 2.24) is 4.90 Å². The molecule has 0 saturated carbocycles. The molecule has 2 aromatic rings. The summed E-state index contributed by atoms with van der Waals surface area (Å²) in [5.41, 5.74) is 1.23. The van der Waals surface area contributed by atoms with Crippen LogP contribution in [0.4, 0.5) is 0 Å². The lowest BCUT2D eigenvalue weighted by Crippen LogP contribution is -2.51. The first-order valence-electron chi connectivity index (χ1n) is 9.46. The van der Waals surface area contributed by atoms with Crippen LogP contribution in [0.25, 0.3) is 11.0 Å². The van der Waals surface area contributed by atoms with Gasteiger partial charge in [0.2, 0.25) is 5.76 Å². The molecule has 0 unspecified atom stereocenters. The zero-order chi connectivity index (χ0) is 19.6. The zero-order valence-electron chi connectivity index (χ0n) is 16.4. The van der Waals surface area contributed by atoms with Crippen LogP contribution in [-0.2, 0) is 20.9 Å². The molecular formula is C21H27NO5. The molecule has 1 aliphatic rings. The highest BCUT2D eigenvalue weighted by molar-refractivity contribution is 5.97. The minimum absolute atomic E-state index is 0.0949. The number of rotatable bonds is 5. The van der Waals surface area contributed by atoms with E-state index in [0.29, 0.717) is 11.1 Å². The molecule has 1 amide bonds. The number of carbonyl (C=O) groups is 2. The van der Waals surface area contributed by atoms with Gasteiger partial charge in [0.15, 0.2) is 6.10 Å². The molecule has 0 radical (unpaired) electrons. The number of fused-ring (bicyclic) bond motifs is 1. The van der Waals surface area contributed by atoms with Gasteiger partial charge in [-0.1, -0.05) is 18.2 Å². The van der Waals surface area contributed by atoms with Crippen molar-refractivity contribution in [3.8, 4) is 0 Å². The highest BCUT2D eigenvalue weighted by Crippen LogP contribution is 2.28. The molecule has 1 fully saturated rings. The summed E-state index contributed by atoms with van der Waals surface area (Å²) in [6.45, 7) is 5.92. The lowest BCUT2D eigenvalue weighted by atomic mass is 9.97. The Morgan fingerprint density at radius 1 is 1.22 bits per heavy atom. The maximum Gasteiger partial charge on any atom is 0.375 e. The van der Waals surface area contributed by atoms with E-state index in [9.17, 15) is 9.59 Å². The number of ether oxygens (including phenoxy) is 2. The summed E-state index contributed by atoms with van der Waals surface area (Å²) in [4.78, 5) is 27.4. The van der Waals surface area contributed by atoms with Gasteiger partial charge in [0, 0.05) is 30.1 Å². The maximum atomic E-state index is 12.9. The summed E-state index contributed by atoms with van der Waals surface area (Å²) in [5, 5.41) is 0.809. The van der Waals surface area contributed by atoms with Crippen LogP contribution in [0.2, 0.25) is 0 Å². The largest absolute Gasteiger partial charge is 0.449 e. The fourth-order valence-electron chi connectivity index (χ4n) is 3.88. The van der Waals surface area contributed by atoms with E-state index in [2.05, 4.69) is 0 Å². The number of nitrogens with zero attached hydrogens (tertiary/aromatic N) is 1. The number of hydrogen-bond acceptors (Lipinski definition) is 5. The summed E-state index contributed by atoms with van der Waals surface area (Å²) < 4.78 is 16.4. The van der Waals surface area contributed by atoms with Crippen LogP contribution in [0.15, 0.2) is 28.7 Å². The number of hydrogen-bond donors (Lipinski definition) is 0. The van der Waals surface area contributed by atoms with Gasteiger partial charge in [0.25, 0.3) is 5.91 Å². The summed E-state index contributed by atoms with van der Waals surface area (Å²) >= 11 is 0. The van der Waals surface area contributed by atoms with Crippen molar-refractivity contribution in [3.05, 3.63) is 35.6 Å². The monoisotopic (exact) mass is 373 g/mol. The van der Waals surface area contributed by atoms with E-state index in [1.54, 1.807) is 20.1 Å². The van der Waals surface area contributed by atoms with Gasteiger partial charge >= 0.3 is 5.97 Å². The van der Waals surface area contributed by atoms with E-state index in [0.717, 1.165) is 24.6 Å². The van der Waals surface area contributed by atoms with E-state index in [-0.39, 0.29) is 30.4 Å². The average Bonchev–Trinajstić information content (AvgIpc) is 3.00. The SMILES string of the molecule is COCc1c(C(=O)O[C@H](C)C(=O)N2[C@@H](C)CCC[C@@H]2C)oc2ccccc12. The number of esters is 1. The first-order valence-corrected chi connectivity index (χ1v) is 9.46. The fourth-order valence-corrected chi connectivity index (χ4v) is 3.88. The summed E-state index contributed by atoms with van der Waals surface area (Å²) in [6.07, 6.45) is 2.18. The number of benzene rings is 1. The van der Waals surface area contributed by atoms with Crippen molar-refractivity contribution in [2.24, 2.45) is 0 Å². The Balaban J connectivity index is 1.79. The first kappa shape index (κ1) is 19.4. The first-order chi connectivity index (χ1) is 12.9. The second kappa shape index (κ2) is 8.13. The number of carbonyl (C=O) groups excluding carboxylic acids is 2. The molecule has 6 nitrogen and oxygen atoms in total. The minimum Gasteiger partial charge on any atom is -0.449 e. The summed E-state index contributed by atoms with van der Waals surface area (Å²) in [6, 6.07) is 7.67. The third kappa shape index (κ3) is 3.86. The lowest BCUT2D eigenvalue weighted by Gasteiger charge is -2.40. The van der Waals surface area contributed by atoms with Gasteiger partial charge in [-0.25, -0.2) is 4.79 Å². The average molecular weight is 373 g/mol. The second-order valence-electron chi connectivity index (χ2n) is 7.26. The zero-order valence-corrected chi connectivity index (χ0v) is 16.4. The van der Waals surface area contributed by atoms with Gasteiger partial charge < -0.3 is 18.8 Å². The number of para-hydroxylation sites is 1. The smallest absolute Gasteiger partial charge is 0.375 e. The Bertz CT molecular complexity index is 817. The van der Waals surface area contributed by atoms with Crippen LogP contribution in [0.3, 0.4) is 0 Å². The predicted octanol–water partition coefficient (Wildman–Crippen LogP) is 3.91. The third-order valence-electron chi connectivity index (χ3n) is 5.25. The lowest BCUT2D eigenvalue weighted by molar-refractivity contribution is -0.146. The van der Waals surface area contributed by atoms with Gasteiger partial charge in [-0.3, -0.25) is 4.79 Å². The predicted molar refractivity (Wildman–Crippen MR) is 101 cm³/mol. The van der Waals surface area contributed by atoms with E-state index in [1.165, 1.54) is 0 Å². The summed E-state index contributed by atoms with van der Waals surface area (Å²) in [7, 11) is 1.56. The fraction of sp³-hybridized carbons (Fsp3) is 0.524. The van der Waals surface area contributed by atoms with E-state index < -0.39 is 12.1 Å². The topological polar surface area (TPSA) is 69.0 Å². The molecule has 1 aliphatic heterocycles. The van der Waals surface area contributed by atoms with Crippen molar-refractivity contribution < 1.29 is 23.5 Å². The molecular weight excluding hydrogens is 346 g/mol. The molecule has 3 rings (SSSR count). The molecule has 0 aliphatic carbocycles. The van der Waals surface area contributed by atoms with Crippen LogP contribution in [0.5, 0.6) is 0 Å². The highest BCUT2D eigenvalue weighted by atomic mass is 16.6. The van der Waals surface area contributed by atoms with Crippen molar-refractivity contribution in [3.63, 3.8) is 0 Å². The Labute approximate surface area is 159 Å². The van der Waals surface area contributed by atoms with Crippen LogP contribution < -0.4 is 0 Å². The maximum absolute atomic E-state index is 12.9. The highest BCUT2D eigenvalue weighted by Gasteiger charge is 2.34. The standard InChI is InChI=1S/C21H27NO5/c1-13-8-7-9-14(2)22(13)20(23)15(3)26-21(24)19-17(12-25-4)16-10-5-6-11-18(16)27-19/h5-6,10-11,13-15H,7-9,12H2,1-4H3/t13-,14-,15+/m0/s1. The number of piperidine rings is 1. The van der Waals surface area contributed by atoms with Crippen LogP contribution >= 0.6 is 0 Å². The molecule has 1 aromatic carbocycles. The molecule has 27 heavy (non-hydrogen) atoms. The van der Waals surface area contributed by atoms with Crippen LogP contribution in [-0.4, -0.2) is 42.1 Å². The van der Waals surface area contributed by atoms with Crippen molar-refractivity contribution in [2.75, 3.05) is 7.11 Å². The molecule has 0 spiro atoms. The quantitative estimate of drug-likeness (QED) is 0.743. The van der Waals surface area contributed by atoms with Crippen molar-refractivity contribution in [2.45, 2.75) is 64.8 Å². The van der Waals surface area contributed by atoms with Crippen LogP contribution in [0.1, 0.15) is 56.2 Å². The second-order valence-corrected chi connectivity index (χ2v) is 7.26. The van der Waals surface area contributed by atoms with Gasteiger partial charge in [-0.05, 0) is 46.1 Å².